The first-order valence-corrected chi connectivity index (χ1v) is 6.18. The van der Waals surface area contributed by atoms with Crippen molar-refractivity contribution in [1.29, 1.82) is 0 Å². The van der Waals surface area contributed by atoms with E-state index in [1.54, 1.807) is 0 Å². The van der Waals surface area contributed by atoms with Crippen LogP contribution in [0.2, 0.25) is 0 Å². The van der Waals surface area contributed by atoms with E-state index in [2.05, 4.69) is 21.2 Å². The third kappa shape index (κ3) is 3.67. The summed E-state index contributed by atoms with van der Waals surface area (Å²) in [6, 6.07) is 10.0. The molecule has 0 aliphatic carbocycles. The van der Waals surface area contributed by atoms with Crippen LogP contribution in [-0.2, 0) is 4.79 Å². The van der Waals surface area contributed by atoms with Crippen LogP contribution in [0.15, 0.2) is 30.3 Å². The minimum atomic E-state index is 0.0234. The standard InChI is InChI=1S/C12H16BrNO/c1-9(2)12(15)14-11(8-13)10-6-4-3-5-7-10/h3-7,9,11H,8H2,1-2H3,(H,14,15). The van der Waals surface area contributed by atoms with Crippen molar-refractivity contribution in [3.63, 3.8) is 0 Å². The molecule has 1 aromatic rings. The van der Waals surface area contributed by atoms with Crippen LogP contribution < -0.4 is 5.32 Å². The Balaban J connectivity index is 2.69. The Labute approximate surface area is 99.2 Å². The number of halogens is 1. The Morgan fingerprint density at radius 1 is 1.33 bits per heavy atom. The number of carbonyl (C=O) groups is 1. The van der Waals surface area contributed by atoms with Crippen LogP contribution in [0.25, 0.3) is 0 Å². The maximum atomic E-state index is 11.6. The average Bonchev–Trinajstić information content (AvgIpc) is 2.26. The molecule has 1 unspecified atom stereocenters. The molecular weight excluding hydrogens is 254 g/mol. The zero-order valence-corrected chi connectivity index (χ0v) is 10.6. The van der Waals surface area contributed by atoms with Crippen molar-refractivity contribution in [3.8, 4) is 0 Å². The van der Waals surface area contributed by atoms with Crippen LogP contribution >= 0.6 is 15.9 Å². The second-order valence-corrected chi connectivity index (χ2v) is 4.43. The molecule has 1 atom stereocenters. The summed E-state index contributed by atoms with van der Waals surface area (Å²) in [6.07, 6.45) is 0. The van der Waals surface area contributed by atoms with Gasteiger partial charge in [0.1, 0.15) is 0 Å². The Kier molecular flexibility index (Phi) is 4.82. The Hall–Kier alpha value is -0.830. The van der Waals surface area contributed by atoms with Gasteiger partial charge in [-0.15, -0.1) is 0 Å². The Bertz CT molecular complexity index is 311. The van der Waals surface area contributed by atoms with Crippen molar-refractivity contribution in [2.75, 3.05) is 5.33 Å². The summed E-state index contributed by atoms with van der Waals surface area (Å²) >= 11 is 3.42. The fraction of sp³-hybridized carbons (Fsp3) is 0.417. The van der Waals surface area contributed by atoms with Gasteiger partial charge in [0.2, 0.25) is 5.91 Å². The van der Waals surface area contributed by atoms with E-state index in [1.165, 1.54) is 0 Å². The number of hydrogen-bond donors (Lipinski definition) is 1. The lowest BCUT2D eigenvalue weighted by molar-refractivity contribution is -0.124. The molecule has 2 nitrogen and oxygen atoms in total. The summed E-state index contributed by atoms with van der Waals surface area (Å²) in [4.78, 5) is 11.6. The first-order valence-electron chi connectivity index (χ1n) is 5.06. The van der Waals surface area contributed by atoms with Gasteiger partial charge in [0.15, 0.2) is 0 Å². The maximum Gasteiger partial charge on any atom is 0.223 e. The summed E-state index contributed by atoms with van der Waals surface area (Å²) in [5, 5.41) is 3.73. The summed E-state index contributed by atoms with van der Waals surface area (Å²) in [6.45, 7) is 3.79. The monoisotopic (exact) mass is 269 g/mol. The predicted octanol–water partition coefficient (Wildman–Crippen LogP) is 2.89. The third-order valence-corrected chi connectivity index (χ3v) is 2.84. The number of hydrogen-bond acceptors (Lipinski definition) is 1. The molecule has 0 bridgehead atoms. The van der Waals surface area contributed by atoms with Crippen molar-refractivity contribution in [2.45, 2.75) is 19.9 Å². The molecule has 0 aromatic heterocycles. The highest BCUT2D eigenvalue weighted by Gasteiger charge is 2.14. The van der Waals surface area contributed by atoms with Gasteiger partial charge in [-0.1, -0.05) is 60.1 Å². The summed E-state index contributed by atoms with van der Waals surface area (Å²) in [5.74, 6) is 0.110. The van der Waals surface area contributed by atoms with Gasteiger partial charge in [0.25, 0.3) is 0 Å². The van der Waals surface area contributed by atoms with Crippen molar-refractivity contribution >= 4 is 21.8 Å². The topological polar surface area (TPSA) is 29.1 Å². The number of carbonyl (C=O) groups excluding carboxylic acids is 1. The van der Waals surface area contributed by atoms with Crippen LogP contribution in [-0.4, -0.2) is 11.2 Å². The number of rotatable bonds is 4. The van der Waals surface area contributed by atoms with Crippen LogP contribution in [0, 0.1) is 5.92 Å². The smallest absolute Gasteiger partial charge is 0.223 e. The number of amides is 1. The molecule has 0 saturated carbocycles. The van der Waals surface area contributed by atoms with Crippen molar-refractivity contribution in [3.05, 3.63) is 35.9 Å². The van der Waals surface area contributed by atoms with Gasteiger partial charge in [-0.3, -0.25) is 4.79 Å². The average molecular weight is 270 g/mol. The second-order valence-electron chi connectivity index (χ2n) is 3.78. The third-order valence-electron chi connectivity index (χ3n) is 2.20. The minimum absolute atomic E-state index is 0.0234. The molecule has 1 amide bonds. The lowest BCUT2D eigenvalue weighted by Crippen LogP contribution is -2.32. The molecule has 82 valence electrons. The van der Waals surface area contributed by atoms with Gasteiger partial charge in [-0.05, 0) is 5.56 Å². The van der Waals surface area contributed by atoms with Gasteiger partial charge < -0.3 is 5.32 Å². The molecule has 0 radical (unpaired) electrons. The number of benzene rings is 1. The number of nitrogens with one attached hydrogen (secondary N) is 1. The molecule has 1 rings (SSSR count). The summed E-state index contributed by atoms with van der Waals surface area (Å²) < 4.78 is 0. The van der Waals surface area contributed by atoms with Gasteiger partial charge >= 0.3 is 0 Å². The zero-order chi connectivity index (χ0) is 11.3. The van der Waals surface area contributed by atoms with Crippen LogP contribution in [0.3, 0.4) is 0 Å². The fourth-order valence-electron chi connectivity index (χ4n) is 1.23. The molecule has 0 fully saturated rings. The van der Waals surface area contributed by atoms with E-state index in [-0.39, 0.29) is 17.9 Å². The van der Waals surface area contributed by atoms with Crippen molar-refractivity contribution in [1.82, 2.24) is 5.32 Å². The molecule has 0 spiro atoms. The molecule has 0 saturated heterocycles. The second kappa shape index (κ2) is 5.91. The van der Waals surface area contributed by atoms with E-state index in [4.69, 9.17) is 0 Å². The van der Waals surface area contributed by atoms with E-state index in [1.807, 2.05) is 44.2 Å². The maximum absolute atomic E-state index is 11.6. The molecule has 1 aromatic carbocycles. The van der Waals surface area contributed by atoms with Crippen LogP contribution in [0.4, 0.5) is 0 Å². The molecule has 15 heavy (non-hydrogen) atoms. The minimum Gasteiger partial charge on any atom is -0.348 e. The highest BCUT2D eigenvalue weighted by Crippen LogP contribution is 2.15. The first-order chi connectivity index (χ1) is 7.15. The summed E-state index contributed by atoms with van der Waals surface area (Å²) in [7, 11) is 0. The van der Waals surface area contributed by atoms with E-state index in [9.17, 15) is 4.79 Å². The van der Waals surface area contributed by atoms with Crippen LogP contribution in [0.5, 0.6) is 0 Å². The summed E-state index contributed by atoms with van der Waals surface area (Å²) in [5.41, 5.74) is 1.13. The molecule has 3 heteroatoms. The normalized spacial score (nSPS) is 12.5. The first kappa shape index (κ1) is 12.2. The highest BCUT2D eigenvalue weighted by atomic mass is 79.9. The van der Waals surface area contributed by atoms with Gasteiger partial charge in [-0.2, -0.15) is 0 Å². The predicted molar refractivity (Wildman–Crippen MR) is 66.0 cm³/mol. The molecular formula is C12H16BrNO. The Morgan fingerprint density at radius 3 is 2.40 bits per heavy atom. The fourth-order valence-corrected chi connectivity index (χ4v) is 1.77. The van der Waals surface area contributed by atoms with E-state index in [0.29, 0.717) is 0 Å². The van der Waals surface area contributed by atoms with E-state index >= 15 is 0 Å². The lowest BCUT2D eigenvalue weighted by Gasteiger charge is -2.18. The Morgan fingerprint density at radius 2 is 1.93 bits per heavy atom. The van der Waals surface area contributed by atoms with E-state index in [0.717, 1.165) is 10.9 Å². The van der Waals surface area contributed by atoms with E-state index < -0.39 is 0 Å². The molecule has 1 N–H and O–H groups in total. The quantitative estimate of drug-likeness (QED) is 0.837. The molecule has 0 heterocycles. The van der Waals surface area contributed by atoms with Crippen LogP contribution in [0.1, 0.15) is 25.5 Å². The molecule has 0 aliphatic heterocycles. The largest absolute Gasteiger partial charge is 0.348 e. The van der Waals surface area contributed by atoms with Gasteiger partial charge in [-0.25, -0.2) is 0 Å². The van der Waals surface area contributed by atoms with Gasteiger partial charge in [0, 0.05) is 11.2 Å². The van der Waals surface area contributed by atoms with Crippen molar-refractivity contribution < 1.29 is 4.79 Å². The van der Waals surface area contributed by atoms with Gasteiger partial charge in [0.05, 0.1) is 6.04 Å². The molecule has 0 aliphatic rings. The highest BCUT2D eigenvalue weighted by molar-refractivity contribution is 9.09. The zero-order valence-electron chi connectivity index (χ0n) is 9.03. The van der Waals surface area contributed by atoms with Crippen molar-refractivity contribution in [2.24, 2.45) is 5.92 Å². The SMILES string of the molecule is CC(C)C(=O)NC(CBr)c1ccccc1. The number of alkyl halides is 1. The lowest BCUT2D eigenvalue weighted by atomic mass is 10.1.